The van der Waals surface area contributed by atoms with Crippen molar-refractivity contribution >= 4 is 37.3 Å². The molecule has 0 aromatic carbocycles. The molecule has 0 amide bonds. The number of sulfonamides is 1. The van der Waals surface area contributed by atoms with Gasteiger partial charge in [-0.3, -0.25) is 4.57 Å². The Kier molecular flexibility index (Phi) is 4.59. The molecule has 0 aliphatic rings. The molecule has 0 unspecified atom stereocenters. The average molecular weight is 381 g/mol. The van der Waals surface area contributed by atoms with Crippen LogP contribution in [0.15, 0.2) is 15.0 Å². The van der Waals surface area contributed by atoms with Crippen LogP contribution in [-0.2, 0) is 21.3 Å². The van der Waals surface area contributed by atoms with Crippen molar-refractivity contribution in [1.29, 1.82) is 0 Å². The molecule has 0 saturated heterocycles. The van der Waals surface area contributed by atoms with Gasteiger partial charge in [0.15, 0.2) is 5.82 Å². The number of hydrogen-bond acceptors (Lipinski definition) is 6. The zero-order valence-corrected chi connectivity index (χ0v) is 14.0. The summed E-state index contributed by atoms with van der Waals surface area (Å²) in [6.45, 7) is 2.58. The second-order valence-corrected chi connectivity index (χ2v) is 7.89. The van der Waals surface area contributed by atoms with Crippen molar-refractivity contribution in [2.75, 3.05) is 13.7 Å². The Morgan fingerprint density at radius 3 is 2.70 bits per heavy atom. The highest BCUT2D eigenvalue weighted by molar-refractivity contribution is 9.11. The van der Waals surface area contributed by atoms with Gasteiger partial charge in [-0.2, -0.15) is 0 Å². The normalized spacial score (nSPS) is 12.0. The number of nitrogens with zero attached hydrogens (tertiary/aromatic N) is 3. The maximum Gasteiger partial charge on any atom is 0.273 e. The molecule has 110 valence electrons. The largest absolute Gasteiger partial charge is 0.383 e. The van der Waals surface area contributed by atoms with E-state index in [0.717, 1.165) is 14.2 Å². The first-order valence-corrected chi connectivity index (χ1v) is 8.71. The molecule has 2 aromatic heterocycles. The molecule has 0 aliphatic heterocycles. The maximum atomic E-state index is 11.5. The minimum atomic E-state index is -3.93. The number of primary sulfonamides is 1. The van der Waals surface area contributed by atoms with E-state index in [1.165, 1.54) is 23.0 Å². The third kappa shape index (κ3) is 3.09. The van der Waals surface area contributed by atoms with Gasteiger partial charge in [0.2, 0.25) is 0 Å². The summed E-state index contributed by atoms with van der Waals surface area (Å²) in [5.41, 5.74) is 1.04. The van der Waals surface area contributed by atoms with Crippen molar-refractivity contribution in [3.05, 3.63) is 15.4 Å². The average Bonchev–Trinajstić information content (AvgIpc) is 2.90. The maximum absolute atomic E-state index is 11.5. The zero-order chi connectivity index (χ0) is 14.9. The summed E-state index contributed by atoms with van der Waals surface area (Å²) in [5.74, 6) is 0.463. The van der Waals surface area contributed by atoms with Gasteiger partial charge in [-0.05, 0) is 34.5 Å². The third-order valence-electron chi connectivity index (χ3n) is 2.57. The molecular formula is C10H13BrN4O3S2. The summed E-state index contributed by atoms with van der Waals surface area (Å²) in [7, 11) is -2.39. The van der Waals surface area contributed by atoms with Gasteiger partial charge in [-0.25, -0.2) is 13.6 Å². The molecule has 20 heavy (non-hydrogen) atoms. The number of hydrogen-bond donors (Lipinski definition) is 1. The summed E-state index contributed by atoms with van der Waals surface area (Å²) in [4.78, 5) is 0.813. The molecule has 0 radical (unpaired) electrons. The second-order valence-electron chi connectivity index (χ2n) is 4.06. The smallest absolute Gasteiger partial charge is 0.273 e. The van der Waals surface area contributed by atoms with E-state index in [1.807, 2.05) is 13.0 Å². The summed E-state index contributed by atoms with van der Waals surface area (Å²) in [6, 6.07) is 1.91. The Morgan fingerprint density at radius 1 is 1.50 bits per heavy atom. The lowest BCUT2D eigenvalue weighted by atomic mass is 10.3. The Bertz CT molecular complexity index is 703. The Hall–Kier alpha value is -0.810. The van der Waals surface area contributed by atoms with E-state index >= 15 is 0 Å². The highest BCUT2D eigenvalue weighted by Gasteiger charge is 2.23. The number of aromatic nitrogens is 3. The molecular weight excluding hydrogens is 368 g/mol. The molecule has 0 bridgehead atoms. The van der Waals surface area contributed by atoms with Crippen LogP contribution in [0.4, 0.5) is 0 Å². The van der Waals surface area contributed by atoms with Crippen molar-refractivity contribution in [2.45, 2.75) is 18.6 Å². The van der Waals surface area contributed by atoms with Gasteiger partial charge in [0.1, 0.15) is 0 Å². The molecule has 0 saturated carbocycles. The number of rotatable bonds is 5. The van der Waals surface area contributed by atoms with Crippen LogP contribution in [0.1, 0.15) is 5.56 Å². The minimum absolute atomic E-state index is 0.258. The Balaban J connectivity index is 2.55. The number of thiophene rings is 1. The molecule has 2 heterocycles. The molecule has 0 fully saturated rings. The fourth-order valence-electron chi connectivity index (χ4n) is 1.64. The first-order valence-electron chi connectivity index (χ1n) is 5.56. The quantitative estimate of drug-likeness (QED) is 0.843. The van der Waals surface area contributed by atoms with Gasteiger partial charge in [-0.1, -0.05) is 0 Å². The molecule has 2 rings (SSSR count). The number of nitrogens with two attached hydrogens (primary N) is 1. The summed E-state index contributed by atoms with van der Waals surface area (Å²) in [5, 5.41) is 12.5. The van der Waals surface area contributed by atoms with E-state index < -0.39 is 10.0 Å². The van der Waals surface area contributed by atoms with Crippen molar-refractivity contribution in [2.24, 2.45) is 5.14 Å². The standard InChI is InChI=1S/C10H13BrN4O3S2/c1-6-5-7(19-8(6)11)9-13-14-10(20(12,16)17)15(9)3-4-18-2/h5H,3-4H2,1-2H3,(H2,12,16,17). The van der Waals surface area contributed by atoms with Gasteiger partial charge in [0.05, 0.1) is 21.8 Å². The predicted molar refractivity (Wildman–Crippen MR) is 79.0 cm³/mol. The lowest BCUT2D eigenvalue weighted by Gasteiger charge is -2.07. The summed E-state index contributed by atoms with van der Waals surface area (Å²) >= 11 is 4.89. The zero-order valence-electron chi connectivity index (χ0n) is 10.8. The minimum Gasteiger partial charge on any atom is -0.383 e. The Morgan fingerprint density at radius 2 is 2.20 bits per heavy atom. The van der Waals surface area contributed by atoms with Crippen LogP contribution in [0.2, 0.25) is 0 Å². The van der Waals surface area contributed by atoms with E-state index in [1.54, 1.807) is 0 Å². The van der Waals surface area contributed by atoms with Crippen molar-refractivity contribution < 1.29 is 13.2 Å². The van der Waals surface area contributed by atoms with Crippen LogP contribution in [0.25, 0.3) is 10.7 Å². The molecule has 0 spiro atoms. The predicted octanol–water partition coefficient (Wildman–Crippen LogP) is 1.37. The monoisotopic (exact) mass is 380 g/mol. The van der Waals surface area contributed by atoms with E-state index in [0.29, 0.717) is 19.0 Å². The fraction of sp³-hybridized carbons (Fsp3) is 0.400. The number of ether oxygens (including phenoxy) is 1. The molecule has 0 aliphatic carbocycles. The van der Waals surface area contributed by atoms with Crippen LogP contribution in [0, 0.1) is 6.92 Å². The molecule has 7 nitrogen and oxygen atoms in total. The number of aryl methyl sites for hydroxylation is 1. The van der Waals surface area contributed by atoms with E-state index in [4.69, 9.17) is 9.88 Å². The number of methoxy groups -OCH3 is 1. The van der Waals surface area contributed by atoms with Crippen molar-refractivity contribution in [3.8, 4) is 10.7 Å². The van der Waals surface area contributed by atoms with E-state index in [2.05, 4.69) is 26.1 Å². The van der Waals surface area contributed by atoms with Gasteiger partial charge in [-0.15, -0.1) is 21.5 Å². The van der Waals surface area contributed by atoms with Gasteiger partial charge in [0.25, 0.3) is 15.2 Å². The third-order valence-corrected chi connectivity index (χ3v) is 5.51. The lowest BCUT2D eigenvalue weighted by molar-refractivity contribution is 0.185. The highest BCUT2D eigenvalue weighted by Crippen LogP contribution is 2.34. The number of halogens is 1. The van der Waals surface area contributed by atoms with E-state index in [9.17, 15) is 8.42 Å². The molecule has 2 N–H and O–H groups in total. The molecule has 0 atom stereocenters. The SMILES string of the molecule is COCCn1c(-c2cc(C)c(Br)s2)nnc1S(N)(=O)=O. The fourth-order valence-corrected chi connectivity index (χ4v) is 3.80. The second kappa shape index (κ2) is 5.90. The topological polar surface area (TPSA) is 100 Å². The van der Waals surface area contributed by atoms with Crippen LogP contribution >= 0.6 is 27.3 Å². The highest BCUT2D eigenvalue weighted by atomic mass is 79.9. The summed E-state index contributed by atoms with van der Waals surface area (Å²) < 4.78 is 30.5. The summed E-state index contributed by atoms with van der Waals surface area (Å²) in [6.07, 6.45) is 0. The first kappa shape index (κ1) is 15.6. The van der Waals surface area contributed by atoms with Gasteiger partial charge in [0, 0.05) is 7.11 Å². The van der Waals surface area contributed by atoms with Crippen LogP contribution in [0.5, 0.6) is 0 Å². The lowest BCUT2D eigenvalue weighted by Crippen LogP contribution is -2.20. The van der Waals surface area contributed by atoms with Gasteiger partial charge >= 0.3 is 0 Å². The molecule has 10 heteroatoms. The van der Waals surface area contributed by atoms with Crippen LogP contribution < -0.4 is 5.14 Å². The van der Waals surface area contributed by atoms with Crippen LogP contribution in [0.3, 0.4) is 0 Å². The van der Waals surface area contributed by atoms with E-state index in [-0.39, 0.29) is 5.16 Å². The van der Waals surface area contributed by atoms with Crippen LogP contribution in [-0.4, -0.2) is 36.9 Å². The molecule has 2 aromatic rings. The Labute approximate surface area is 128 Å². The first-order chi connectivity index (χ1) is 9.34. The van der Waals surface area contributed by atoms with Gasteiger partial charge < -0.3 is 4.74 Å². The van der Waals surface area contributed by atoms with Crippen molar-refractivity contribution in [1.82, 2.24) is 14.8 Å². The van der Waals surface area contributed by atoms with Crippen molar-refractivity contribution in [3.63, 3.8) is 0 Å².